The van der Waals surface area contributed by atoms with E-state index in [1.165, 1.54) is 0 Å². The SMILES string of the molecule is CC(C)(O)c1ccc2c(c1)/C(=C/CCN1CCC(O)C(C)(C)C1)c1cccnc1CO2. The minimum absolute atomic E-state index is 0.0771. The Hall–Kier alpha value is -2.21. The molecule has 1 saturated heterocycles. The van der Waals surface area contributed by atoms with E-state index < -0.39 is 5.60 Å². The molecule has 2 aliphatic heterocycles. The number of rotatable bonds is 4. The lowest BCUT2D eigenvalue weighted by molar-refractivity contribution is -0.0237. The average molecular weight is 423 g/mol. The van der Waals surface area contributed by atoms with Gasteiger partial charge in [0.1, 0.15) is 12.4 Å². The fourth-order valence-electron chi connectivity index (χ4n) is 4.59. The Balaban J connectivity index is 1.65. The van der Waals surface area contributed by atoms with Gasteiger partial charge in [0, 0.05) is 42.4 Å². The first-order valence-corrected chi connectivity index (χ1v) is 11.2. The molecule has 0 aliphatic carbocycles. The van der Waals surface area contributed by atoms with Gasteiger partial charge in [0.15, 0.2) is 0 Å². The normalized spacial score (nSPS) is 22.4. The highest BCUT2D eigenvalue weighted by Gasteiger charge is 2.34. The van der Waals surface area contributed by atoms with Crippen LogP contribution in [0.1, 0.15) is 62.9 Å². The largest absolute Gasteiger partial charge is 0.487 e. The van der Waals surface area contributed by atoms with Gasteiger partial charge >= 0.3 is 0 Å². The molecule has 1 aromatic heterocycles. The molecule has 1 unspecified atom stereocenters. The van der Waals surface area contributed by atoms with Gasteiger partial charge in [0.2, 0.25) is 0 Å². The maximum atomic E-state index is 10.6. The zero-order valence-electron chi connectivity index (χ0n) is 19.1. The summed E-state index contributed by atoms with van der Waals surface area (Å²) in [5, 5.41) is 20.8. The number of nitrogens with zero attached hydrogens (tertiary/aromatic N) is 2. The summed E-state index contributed by atoms with van der Waals surface area (Å²) in [6.07, 6.45) is 5.56. The van der Waals surface area contributed by atoms with Crippen molar-refractivity contribution in [2.75, 3.05) is 19.6 Å². The molecule has 3 heterocycles. The molecule has 0 bridgehead atoms. The standard InChI is InChI=1S/C26H34N2O3/c1-25(2)17-28(14-11-24(25)29)13-6-8-19-20-7-5-12-27-22(20)16-31-23-10-9-18(15-21(19)23)26(3,4)30/h5,7-10,12,15,24,29-30H,6,11,13-14,16-17H2,1-4H3/b19-8+. The van der Waals surface area contributed by atoms with Crippen molar-refractivity contribution in [3.05, 3.63) is 65.0 Å². The first-order chi connectivity index (χ1) is 14.6. The van der Waals surface area contributed by atoms with Crippen LogP contribution in [0.5, 0.6) is 5.75 Å². The van der Waals surface area contributed by atoms with E-state index in [2.05, 4.69) is 35.9 Å². The van der Waals surface area contributed by atoms with Crippen LogP contribution in [0.4, 0.5) is 0 Å². The molecule has 1 fully saturated rings. The highest BCUT2D eigenvalue weighted by molar-refractivity contribution is 5.84. The highest BCUT2D eigenvalue weighted by atomic mass is 16.5. The zero-order valence-corrected chi connectivity index (χ0v) is 19.1. The maximum Gasteiger partial charge on any atom is 0.131 e. The molecule has 5 nitrogen and oxygen atoms in total. The lowest BCUT2D eigenvalue weighted by Crippen LogP contribution is -2.48. The van der Waals surface area contributed by atoms with Crippen LogP contribution in [-0.2, 0) is 12.2 Å². The van der Waals surface area contributed by atoms with Crippen molar-refractivity contribution in [1.29, 1.82) is 0 Å². The number of ether oxygens (including phenoxy) is 1. The lowest BCUT2D eigenvalue weighted by Gasteiger charge is -2.41. The van der Waals surface area contributed by atoms with Crippen molar-refractivity contribution in [3.63, 3.8) is 0 Å². The Labute approximate surface area is 185 Å². The van der Waals surface area contributed by atoms with Crippen LogP contribution in [0, 0.1) is 5.41 Å². The summed E-state index contributed by atoms with van der Waals surface area (Å²) in [5.41, 5.74) is 3.98. The van der Waals surface area contributed by atoms with Gasteiger partial charge in [-0.1, -0.05) is 32.1 Å². The smallest absolute Gasteiger partial charge is 0.131 e. The summed E-state index contributed by atoms with van der Waals surface area (Å²) < 4.78 is 6.09. The van der Waals surface area contributed by atoms with Crippen LogP contribution >= 0.6 is 0 Å². The third-order valence-electron chi connectivity index (χ3n) is 6.57. The van der Waals surface area contributed by atoms with E-state index in [1.54, 1.807) is 20.0 Å². The minimum atomic E-state index is -0.926. The number of piperidine rings is 1. The summed E-state index contributed by atoms with van der Waals surface area (Å²) in [6.45, 7) is 11.1. The van der Waals surface area contributed by atoms with Crippen molar-refractivity contribution >= 4 is 5.57 Å². The van der Waals surface area contributed by atoms with Gasteiger partial charge in [-0.25, -0.2) is 0 Å². The minimum Gasteiger partial charge on any atom is -0.487 e. The number of fused-ring (bicyclic) bond motifs is 2. The van der Waals surface area contributed by atoms with Gasteiger partial charge in [0.25, 0.3) is 0 Å². The van der Waals surface area contributed by atoms with Crippen molar-refractivity contribution in [1.82, 2.24) is 9.88 Å². The Kier molecular flexibility index (Phi) is 5.95. The van der Waals surface area contributed by atoms with Gasteiger partial charge in [-0.3, -0.25) is 4.98 Å². The van der Waals surface area contributed by atoms with Gasteiger partial charge in [-0.15, -0.1) is 0 Å². The van der Waals surface area contributed by atoms with Gasteiger partial charge in [-0.05, 0) is 56.0 Å². The summed E-state index contributed by atoms with van der Waals surface area (Å²) >= 11 is 0. The Morgan fingerprint density at radius 2 is 2.06 bits per heavy atom. The monoisotopic (exact) mass is 422 g/mol. The first-order valence-electron chi connectivity index (χ1n) is 11.2. The summed E-state index contributed by atoms with van der Waals surface area (Å²) in [5.74, 6) is 0.819. The van der Waals surface area contributed by atoms with Crippen molar-refractivity contribution < 1.29 is 14.9 Å². The predicted molar refractivity (Wildman–Crippen MR) is 123 cm³/mol. The number of aromatic nitrogens is 1. The molecule has 1 aromatic carbocycles. The molecule has 5 heteroatoms. The van der Waals surface area contributed by atoms with Crippen LogP contribution in [0.25, 0.3) is 5.57 Å². The van der Waals surface area contributed by atoms with Crippen LogP contribution in [-0.4, -0.2) is 45.8 Å². The molecule has 0 amide bonds. The van der Waals surface area contributed by atoms with Crippen LogP contribution in [0.15, 0.2) is 42.6 Å². The molecular formula is C26H34N2O3. The topological polar surface area (TPSA) is 65.8 Å². The molecule has 31 heavy (non-hydrogen) atoms. The second kappa shape index (κ2) is 8.38. The molecular weight excluding hydrogens is 388 g/mol. The number of aliphatic hydroxyl groups is 2. The van der Waals surface area contributed by atoms with Crippen LogP contribution in [0.2, 0.25) is 0 Å². The zero-order chi connectivity index (χ0) is 22.2. The maximum absolute atomic E-state index is 10.6. The van der Waals surface area contributed by atoms with Crippen molar-refractivity contribution in [2.45, 2.75) is 58.8 Å². The molecule has 166 valence electrons. The van der Waals surface area contributed by atoms with Crippen LogP contribution in [0.3, 0.4) is 0 Å². The van der Waals surface area contributed by atoms with E-state index in [4.69, 9.17) is 4.74 Å². The summed E-state index contributed by atoms with van der Waals surface area (Å²) in [7, 11) is 0. The fraction of sp³-hybridized carbons (Fsp3) is 0.500. The number of benzene rings is 1. The van der Waals surface area contributed by atoms with Gasteiger partial charge in [-0.2, -0.15) is 0 Å². The van der Waals surface area contributed by atoms with Gasteiger partial charge < -0.3 is 19.8 Å². The third kappa shape index (κ3) is 4.69. The Morgan fingerprint density at radius 3 is 2.81 bits per heavy atom. The number of likely N-dealkylation sites (tertiary alicyclic amines) is 1. The summed E-state index contributed by atoms with van der Waals surface area (Å²) in [6, 6.07) is 10.00. The first kappa shape index (κ1) is 22.0. The molecule has 0 spiro atoms. The molecule has 1 atom stereocenters. The number of aliphatic hydroxyl groups excluding tert-OH is 1. The molecule has 0 radical (unpaired) electrons. The molecule has 0 saturated carbocycles. The summed E-state index contributed by atoms with van der Waals surface area (Å²) in [4.78, 5) is 7.00. The Morgan fingerprint density at radius 1 is 1.26 bits per heavy atom. The lowest BCUT2D eigenvalue weighted by atomic mass is 9.81. The predicted octanol–water partition coefficient (Wildman–Crippen LogP) is 4.12. The Bertz CT molecular complexity index is 975. The average Bonchev–Trinajstić information content (AvgIpc) is 2.87. The fourth-order valence-corrected chi connectivity index (χ4v) is 4.59. The molecule has 2 aliphatic rings. The second-order valence-corrected chi connectivity index (χ2v) is 10.0. The van der Waals surface area contributed by atoms with Crippen molar-refractivity contribution in [3.8, 4) is 5.75 Å². The van der Waals surface area contributed by atoms with E-state index in [9.17, 15) is 10.2 Å². The number of hydrogen-bond donors (Lipinski definition) is 2. The van der Waals surface area contributed by atoms with E-state index >= 15 is 0 Å². The quantitative estimate of drug-likeness (QED) is 0.776. The van der Waals surface area contributed by atoms with Crippen molar-refractivity contribution in [2.24, 2.45) is 5.41 Å². The third-order valence-corrected chi connectivity index (χ3v) is 6.57. The molecule has 4 rings (SSSR count). The van der Waals surface area contributed by atoms with Crippen LogP contribution < -0.4 is 4.74 Å². The van der Waals surface area contributed by atoms with E-state index in [0.717, 1.165) is 66.2 Å². The van der Waals surface area contributed by atoms with Gasteiger partial charge in [0.05, 0.1) is 17.4 Å². The highest BCUT2D eigenvalue weighted by Crippen LogP contribution is 2.38. The second-order valence-electron chi connectivity index (χ2n) is 10.0. The molecule has 2 aromatic rings. The van der Waals surface area contributed by atoms with E-state index in [1.807, 2.05) is 24.3 Å². The number of hydrogen-bond acceptors (Lipinski definition) is 5. The molecule has 2 N–H and O–H groups in total. The number of pyridine rings is 1. The van der Waals surface area contributed by atoms with E-state index in [-0.39, 0.29) is 11.5 Å². The van der Waals surface area contributed by atoms with E-state index in [0.29, 0.717) is 6.61 Å².